The highest BCUT2D eigenvalue weighted by atomic mass is 31.2. The van der Waals surface area contributed by atoms with Crippen LogP contribution >= 0.6 is 7.67 Å². The number of nitrogens with one attached hydrogen (secondary N) is 3. The van der Waals surface area contributed by atoms with Crippen molar-refractivity contribution in [1.29, 1.82) is 0 Å². The lowest BCUT2D eigenvalue weighted by molar-refractivity contribution is -0.149. The van der Waals surface area contributed by atoms with Gasteiger partial charge in [-0.1, -0.05) is 5.11 Å². The third-order valence-electron chi connectivity index (χ3n) is 5.51. The summed E-state index contributed by atoms with van der Waals surface area (Å²) >= 11 is 0. The minimum absolute atomic E-state index is 0.252. The van der Waals surface area contributed by atoms with Gasteiger partial charge >= 0.3 is 31.2 Å². The molecule has 0 amide bonds. The van der Waals surface area contributed by atoms with E-state index in [0.717, 1.165) is 6.07 Å². The zero-order valence-corrected chi connectivity index (χ0v) is 24.5. The quantitative estimate of drug-likeness (QED) is 0.0756. The van der Waals surface area contributed by atoms with Crippen molar-refractivity contribution in [3.63, 3.8) is 0 Å². The van der Waals surface area contributed by atoms with Crippen molar-refractivity contribution in [3.05, 3.63) is 43.5 Å². The number of carbonyl (C=O) groups excluding carboxylic acids is 2. The predicted molar refractivity (Wildman–Crippen MR) is 140 cm³/mol. The number of alkyl halides is 2. The highest BCUT2D eigenvalue weighted by Gasteiger charge is 2.67. The number of esters is 2. The molecule has 0 aliphatic carbocycles. The maximum atomic E-state index is 15.2. The predicted octanol–water partition coefficient (Wildman–Crippen LogP) is 1.44. The summed E-state index contributed by atoms with van der Waals surface area (Å²) in [6.45, 7) is 7.71. The van der Waals surface area contributed by atoms with Crippen LogP contribution in [-0.4, -0.2) is 75.2 Å². The van der Waals surface area contributed by atoms with Crippen molar-refractivity contribution < 1.29 is 46.8 Å². The molecule has 4 N–H and O–H groups in total. The first-order valence-corrected chi connectivity index (χ1v) is 14.3. The number of halogens is 2. The first-order valence-electron chi connectivity index (χ1n) is 12.7. The van der Waals surface area contributed by atoms with Crippen LogP contribution in [-0.2, 0) is 32.9 Å². The van der Waals surface area contributed by atoms with Gasteiger partial charge in [-0.05, 0) is 47.1 Å². The SMILES string of the molecule is CC(CC(=O)OC(C)C)NP(=O)(NC(C)C(=O)OC(C)C)OC[C@@]1(N=[N+]=[N-])O[C@@H](n2ccc(=O)[nH]c2=O)C(F)(F)[C@@H]1O. The first kappa shape index (κ1) is 35.0. The van der Waals surface area contributed by atoms with Crippen LogP contribution in [0.4, 0.5) is 8.78 Å². The van der Waals surface area contributed by atoms with Gasteiger partial charge in [-0.2, -0.15) is 8.78 Å². The van der Waals surface area contributed by atoms with E-state index in [1.165, 1.54) is 13.8 Å². The highest BCUT2D eigenvalue weighted by Crippen LogP contribution is 2.50. The average molecular weight is 626 g/mol. The minimum Gasteiger partial charge on any atom is -0.463 e. The van der Waals surface area contributed by atoms with E-state index in [1.807, 2.05) is 0 Å². The number of aliphatic hydroxyl groups is 1. The van der Waals surface area contributed by atoms with Crippen LogP contribution in [0.25, 0.3) is 10.4 Å². The molecule has 236 valence electrons. The zero-order valence-electron chi connectivity index (χ0n) is 23.6. The third kappa shape index (κ3) is 8.67. The molecule has 1 aliphatic rings. The van der Waals surface area contributed by atoms with Crippen LogP contribution < -0.4 is 21.4 Å². The molecule has 1 saturated heterocycles. The topological polar surface area (TPSA) is 236 Å². The molecule has 2 heterocycles. The second-order valence-electron chi connectivity index (χ2n) is 10.0. The fourth-order valence-electron chi connectivity index (χ4n) is 3.76. The molecule has 1 aromatic rings. The van der Waals surface area contributed by atoms with Crippen molar-refractivity contribution in [2.75, 3.05) is 6.61 Å². The van der Waals surface area contributed by atoms with Crippen molar-refractivity contribution in [1.82, 2.24) is 19.7 Å². The Morgan fingerprint density at radius 1 is 1.21 bits per heavy atom. The number of carbonyl (C=O) groups is 2. The molecule has 0 spiro atoms. The maximum absolute atomic E-state index is 15.2. The van der Waals surface area contributed by atoms with E-state index < -0.39 is 85.7 Å². The van der Waals surface area contributed by atoms with Crippen molar-refractivity contribution in [3.8, 4) is 0 Å². The second-order valence-corrected chi connectivity index (χ2v) is 11.9. The zero-order chi connectivity index (χ0) is 32.0. The molecule has 0 aromatic carbocycles. The normalized spacial score (nSPS) is 24.5. The molecule has 3 unspecified atom stereocenters. The second kappa shape index (κ2) is 13.9. The van der Waals surface area contributed by atoms with Crippen LogP contribution in [0.3, 0.4) is 0 Å². The van der Waals surface area contributed by atoms with E-state index in [0.29, 0.717) is 6.20 Å². The van der Waals surface area contributed by atoms with Gasteiger partial charge in [0.05, 0.1) is 25.2 Å². The van der Waals surface area contributed by atoms with Crippen LogP contribution in [0.15, 0.2) is 27.0 Å². The Bertz CT molecular complexity index is 1350. The fourth-order valence-corrected chi connectivity index (χ4v) is 5.63. The number of ether oxygens (including phenoxy) is 3. The summed E-state index contributed by atoms with van der Waals surface area (Å²) in [5.74, 6) is -5.86. The monoisotopic (exact) mass is 625 g/mol. The standard InChI is InChI=1S/C22H34F2N7O10P/c1-11(2)39-16(33)9-13(5)27-42(37,28-14(6)17(34)40-12(3)4)38-10-21(29-30-25)18(35)22(23,24)19(41-21)31-8-7-15(32)26-20(31)36/h7-8,11-14,18-19,35H,9-10H2,1-6H3,(H,26,32,36)(H2,27,28,37)/t13?,14?,18-,19-,21-,42?/m1/s1. The Morgan fingerprint density at radius 2 is 1.83 bits per heavy atom. The molecule has 1 aromatic heterocycles. The van der Waals surface area contributed by atoms with Crippen LogP contribution in [0.5, 0.6) is 0 Å². The highest BCUT2D eigenvalue weighted by molar-refractivity contribution is 7.54. The van der Waals surface area contributed by atoms with Crippen molar-refractivity contribution in [2.24, 2.45) is 5.11 Å². The fraction of sp³-hybridized carbons (Fsp3) is 0.727. The molecular weight excluding hydrogens is 591 g/mol. The average Bonchev–Trinajstić information content (AvgIpc) is 3.03. The van der Waals surface area contributed by atoms with Gasteiger partial charge in [-0.15, -0.1) is 0 Å². The lowest BCUT2D eigenvalue weighted by Crippen LogP contribution is -2.49. The summed E-state index contributed by atoms with van der Waals surface area (Å²) in [5.41, 5.74) is 3.91. The smallest absolute Gasteiger partial charge is 0.341 e. The summed E-state index contributed by atoms with van der Waals surface area (Å²) in [5, 5.41) is 18.5. The van der Waals surface area contributed by atoms with Crippen LogP contribution in [0.2, 0.25) is 0 Å². The maximum Gasteiger partial charge on any atom is 0.341 e. The Balaban J connectivity index is 2.42. The van der Waals surface area contributed by atoms with E-state index in [2.05, 4.69) is 20.2 Å². The van der Waals surface area contributed by atoms with E-state index in [-0.39, 0.29) is 11.0 Å². The summed E-state index contributed by atoms with van der Waals surface area (Å²) in [6.07, 6.45) is -6.23. The van der Waals surface area contributed by atoms with Crippen molar-refractivity contribution in [2.45, 2.75) is 96.2 Å². The lowest BCUT2D eigenvalue weighted by Gasteiger charge is -2.31. The molecule has 20 heteroatoms. The van der Waals surface area contributed by atoms with Crippen LogP contribution in [0.1, 0.15) is 54.2 Å². The van der Waals surface area contributed by atoms with E-state index in [4.69, 9.17) is 24.3 Å². The number of aromatic amines is 1. The first-order chi connectivity index (χ1) is 19.4. The van der Waals surface area contributed by atoms with Gasteiger partial charge in [-0.25, -0.2) is 15.0 Å². The van der Waals surface area contributed by atoms with Gasteiger partial charge in [-0.3, -0.25) is 28.5 Å². The van der Waals surface area contributed by atoms with Crippen molar-refractivity contribution >= 4 is 19.6 Å². The molecule has 1 fully saturated rings. The molecule has 0 bridgehead atoms. The van der Waals surface area contributed by atoms with Gasteiger partial charge in [0, 0.05) is 23.2 Å². The van der Waals surface area contributed by atoms with Gasteiger partial charge < -0.3 is 23.8 Å². The third-order valence-corrected chi connectivity index (χ3v) is 7.51. The van der Waals surface area contributed by atoms with Gasteiger partial charge in [0.1, 0.15) is 6.04 Å². The lowest BCUT2D eigenvalue weighted by atomic mass is 10.1. The number of rotatable bonds is 14. The minimum atomic E-state index is -4.56. The summed E-state index contributed by atoms with van der Waals surface area (Å²) in [4.78, 5) is 52.2. The molecule has 0 radical (unpaired) electrons. The Morgan fingerprint density at radius 3 is 2.38 bits per heavy atom. The van der Waals surface area contributed by atoms with Gasteiger partial charge in [0.25, 0.3) is 5.56 Å². The number of aromatic nitrogens is 2. The molecule has 6 atom stereocenters. The number of hydrogen-bond donors (Lipinski definition) is 4. The number of azide groups is 1. The van der Waals surface area contributed by atoms with E-state index in [9.17, 15) is 28.8 Å². The number of nitrogens with zero attached hydrogens (tertiary/aromatic N) is 4. The molecule has 2 rings (SSSR count). The van der Waals surface area contributed by atoms with Gasteiger partial charge in [0.2, 0.25) is 12.0 Å². The summed E-state index contributed by atoms with van der Waals surface area (Å²) in [6, 6.07) is -1.54. The number of hydrogen-bond acceptors (Lipinski definition) is 11. The van der Waals surface area contributed by atoms with Gasteiger partial charge in [0.15, 0.2) is 6.10 Å². The molecule has 1 aliphatic heterocycles. The van der Waals surface area contributed by atoms with Crippen LogP contribution in [0, 0.1) is 0 Å². The Kier molecular flexibility index (Phi) is 11.6. The Labute approximate surface area is 238 Å². The number of aliphatic hydroxyl groups excluding tert-OH is 1. The molecular formula is C22H34F2N7O10P. The van der Waals surface area contributed by atoms with E-state index >= 15 is 8.78 Å². The summed E-state index contributed by atoms with van der Waals surface area (Å²) < 4.78 is 65.3. The molecule has 42 heavy (non-hydrogen) atoms. The summed E-state index contributed by atoms with van der Waals surface area (Å²) in [7, 11) is -4.56. The Hall–Kier alpha value is -3.18. The number of H-pyrrole nitrogens is 1. The molecule has 17 nitrogen and oxygen atoms in total. The molecule has 0 saturated carbocycles. The van der Waals surface area contributed by atoms with E-state index in [1.54, 1.807) is 32.7 Å². The largest absolute Gasteiger partial charge is 0.463 e.